The Balaban J connectivity index is 1.75. The molecule has 0 heterocycles. The van der Waals surface area contributed by atoms with Gasteiger partial charge in [-0.05, 0) is 29.7 Å². The molecule has 7 heteroatoms. The topological polar surface area (TPSA) is 91.3 Å². The molecule has 2 aliphatic carbocycles. The molecule has 184 valence electrons. The van der Waals surface area contributed by atoms with Crippen LogP contribution in [0.15, 0.2) is 66.3 Å². The first-order chi connectivity index (χ1) is 17.0. The van der Waals surface area contributed by atoms with E-state index in [0.29, 0.717) is 35.8 Å². The van der Waals surface area contributed by atoms with E-state index >= 15 is 0 Å². The van der Waals surface area contributed by atoms with Crippen molar-refractivity contribution in [1.29, 1.82) is 0 Å². The molecule has 0 aliphatic heterocycles. The normalized spacial score (nSPS) is 23.3. The lowest BCUT2D eigenvalue weighted by atomic mass is 9.60. The highest BCUT2D eigenvalue weighted by Crippen LogP contribution is 2.51. The van der Waals surface area contributed by atoms with Crippen LogP contribution in [0.1, 0.15) is 23.5 Å². The SMILES string of the molecule is COc1cc(C2C3=CC=CCC3C(=O)C(COCc3ccccc3)C2C(=O)O)cc(OC)c1OC. The number of carboxylic acid groups (broad SMARTS) is 1. The van der Waals surface area contributed by atoms with Gasteiger partial charge in [-0.2, -0.15) is 0 Å². The number of hydrogen-bond donors (Lipinski definition) is 1. The Morgan fingerprint density at radius 3 is 2.31 bits per heavy atom. The van der Waals surface area contributed by atoms with Crippen molar-refractivity contribution < 1.29 is 33.6 Å². The fourth-order valence-electron chi connectivity index (χ4n) is 5.18. The number of aliphatic carboxylic acids is 1. The number of ether oxygens (including phenoxy) is 4. The fraction of sp³-hybridized carbons (Fsp3) is 0.357. The van der Waals surface area contributed by atoms with Crippen LogP contribution in [0.3, 0.4) is 0 Å². The number of benzene rings is 2. The molecule has 0 aromatic heterocycles. The molecule has 0 amide bonds. The summed E-state index contributed by atoms with van der Waals surface area (Å²) >= 11 is 0. The summed E-state index contributed by atoms with van der Waals surface area (Å²) < 4.78 is 22.4. The molecule has 0 saturated heterocycles. The van der Waals surface area contributed by atoms with Crippen LogP contribution in [0.25, 0.3) is 0 Å². The Hall–Kier alpha value is -3.58. The van der Waals surface area contributed by atoms with Gasteiger partial charge in [-0.1, -0.05) is 54.1 Å². The highest BCUT2D eigenvalue weighted by molar-refractivity contribution is 5.94. The third kappa shape index (κ3) is 4.82. The Kier molecular flexibility index (Phi) is 7.56. The summed E-state index contributed by atoms with van der Waals surface area (Å²) in [4.78, 5) is 26.2. The number of carboxylic acids is 1. The number of methoxy groups -OCH3 is 3. The van der Waals surface area contributed by atoms with Crippen LogP contribution in [0.5, 0.6) is 17.2 Å². The quantitative estimate of drug-likeness (QED) is 0.571. The van der Waals surface area contributed by atoms with Gasteiger partial charge >= 0.3 is 5.97 Å². The third-order valence-electron chi connectivity index (χ3n) is 6.80. The summed E-state index contributed by atoms with van der Waals surface area (Å²) in [6.45, 7) is 0.332. The van der Waals surface area contributed by atoms with E-state index in [9.17, 15) is 14.7 Å². The van der Waals surface area contributed by atoms with Gasteiger partial charge < -0.3 is 24.1 Å². The highest BCUT2D eigenvalue weighted by Gasteiger charge is 2.51. The Morgan fingerprint density at radius 1 is 1.03 bits per heavy atom. The zero-order chi connectivity index (χ0) is 24.9. The van der Waals surface area contributed by atoms with Gasteiger partial charge in [0, 0.05) is 11.8 Å². The highest BCUT2D eigenvalue weighted by atomic mass is 16.5. The maximum absolute atomic E-state index is 13.6. The second kappa shape index (κ2) is 10.8. The van der Waals surface area contributed by atoms with Gasteiger partial charge in [-0.3, -0.25) is 9.59 Å². The van der Waals surface area contributed by atoms with E-state index in [-0.39, 0.29) is 12.4 Å². The second-order valence-corrected chi connectivity index (χ2v) is 8.69. The molecule has 35 heavy (non-hydrogen) atoms. The maximum atomic E-state index is 13.6. The summed E-state index contributed by atoms with van der Waals surface area (Å²) in [5.74, 6) is -2.60. The van der Waals surface area contributed by atoms with Gasteiger partial charge in [-0.25, -0.2) is 0 Å². The van der Waals surface area contributed by atoms with E-state index in [1.807, 2.05) is 48.6 Å². The average Bonchev–Trinajstić information content (AvgIpc) is 2.89. The molecule has 2 aromatic rings. The minimum Gasteiger partial charge on any atom is -0.493 e. The molecule has 1 fully saturated rings. The number of carbonyl (C=O) groups is 2. The zero-order valence-electron chi connectivity index (χ0n) is 20.1. The summed E-state index contributed by atoms with van der Waals surface area (Å²) in [5, 5.41) is 10.4. The number of carbonyl (C=O) groups excluding carboxylic acids is 1. The molecule has 1 saturated carbocycles. The van der Waals surface area contributed by atoms with Crippen LogP contribution < -0.4 is 14.2 Å². The van der Waals surface area contributed by atoms with Crippen molar-refractivity contribution in [3.63, 3.8) is 0 Å². The van der Waals surface area contributed by atoms with Crippen molar-refractivity contribution in [3.8, 4) is 17.2 Å². The first-order valence-electron chi connectivity index (χ1n) is 11.5. The number of hydrogen-bond acceptors (Lipinski definition) is 6. The summed E-state index contributed by atoms with van der Waals surface area (Å²) in [7, 11) is 4.56. The first kappa shape index (κ1) is 24.5. The standard InChI is InChI=1S/C28H30O7/c1-32-22-13-18(14-23(33-2)27(22)34-3)24-19-11-7-8-12-20(19)26(29)21(25(24)28(30)31)16-35-15-17-9-5-4-6-10-17/h4-11,13-14,20-21,24-25H,12,15-16H2,1-3H3,(H,30,31). The molecule has 4 atom stereocenters. The summed E-state index contributed by atoms with van der Waals surface area (Å²) in [5.41, 5.74) is 2.45. The lowest BCUT2D eigenvalue weighted by molar-refractivity contribution is -0.152. The maximum Gasteiger partial charge on any atom is 0.308 e. The molecule has 2 aliphatic rings. The molecule has 4 unspecified atom stereocenters. The van der Waals surface area contributed by atoms with Gasteiger partial charge in [-0.15, -0.1) is 0 Å². The number of allylic oxidation sites excluding steroid dienone is 4. The fourth-order valence-corrected chi connectivity index (χ4v) is 5.18. The van der Waals surface area contributed by atoms with Crippen molar-refractivity contribution in [1.82, 2.24) is 0 Å². The number of Topliss-reactive ketones (excluding diaryl/α,β-unsaturated/α-hetero) is 1. The van der Waals surface area contributed by atoms with Crippen LogP contribution >= 0.6 is 0 Å². The minimum atomic E-state index is -1.04. The summed E-state index contributed by atoms with van der Waals surface area (Å²) in [6, 6.07) is 13.2. The predicted octanol–water partition coefficient (Wildman–Crippen LogP) is 4.42. The smallest absolute Gasteiger partial charge is 0.308 e. The third-order valence-corrected chi connectivity index (χ3v) is 6.80. The van der Waals surface area contributed by atoms with Crippen molar-refractivity contribution >= 4 is 11.8 Å². The molecular formula is C28H30O7. The molecule has 7 nitrogen and oxygen atoms in total. The number of ketones is 1. The molecule has 0 spiro atoms. The Bertz CT molecular complexity index is 1110. The van der Waals surface area contributed by atoms with E-state index in [1.54, 1.807) is 12.1 Å². The van der Waals surface area contributed by atoms with Crippen LogP contribution in [0, 0.1) is 17.8 Å². The largest absolute Gasteiger partial charge is 0.493 e. The number of rotatable bonds is 9. The van der Waals surface area contributed by atoms with Crippen molar-refractivity contribution in [3.05, 3.63) is 77.4 Å². The van der Waals surface area contributed by atoms with Gasteiger partial charge in [0.05, 0.1) is 46.4 Å². The molecule has 0 bridgehead atoms. The first-order valence-corrected chi connectivity index (χ1v) is 11.5. The molecule has 2 aromatic carbocycles. The van der Waals surface area contributed by atoms with Crippen LogP contribution in [-0.4, -0.2) is 44.8 Å². The van der Waals surface area contributed by atoms with Crippen molar-refractivity contribution in [2.24, 2.45) is 17.8 Å². The van der Waals surface area contributed by atoms with E-state index in [1.165, 1.54) is 21.3 Å². The van der Waals surface area contributed by atoms with E-state index < -0.39 is 29.6 Å². The predicted molar refractivity (Wildman–Crippen MR) is 130 cm³/mol. The van der Waals surface area contributed by atoms with E-state index in [2.05, 4.69) is 0 Å². The Morgan fingerprint density at radius 2 is 1.71 bits per heavy atom. The summed E-state index contributed by atoms with van der Waals surface area (Å²) in [6.07, 6.45) is 6.24. The lowest BCUT2D eigenvalue weighted by Gasteiger charge is -2.42. The van der Waals surface area contributed by atoms with Crippen LogP contribution in [0.2, 0.25) is 0 Å². The molecule has 0 radical (unpaired) electrons. The van der Waals surface area contributed by atoms with E-state index in [0.717, 1.165) is 11.1 Å². The zero-order valence-corrected chi connectivity index (χ0v) is 20.1. The Labute approximate surface area is 205 Å². The van der Waals surface area contributed by atoms with Gasteiger partial charge in [0.15, 0.2) is 11.5 Å². The average molecular weight is 479 g/mol. The van der Waals surface area contributed by atoms with Crippen LogP contribution in [0.4, 0.5) is 0 Å². The van der Waals surface area contributed by atoms with Crippen LogP contribution in [-0.2, 0) is 20.9 Å². The van der Waals surface area contributed by atoms with Crippen molar-refractivity contribution in [2.75, 3.05) is 27.9 Å². The van der Waals surface area contributed by atoms with E-state index in [4.69, 9.17) is 18.9 Å². The molecule has 1 N–H and O–H groups in total. The minimum absolute atomic E-state index is 0.0269. The molecular weight excluding hydrogens is 448 g/mol. The van der Waals surface area contributed by atoms with Gasteiger partial charge in [0.25, 0.3) is 0 Å². The second-order valence-electron chi connectivity index (χ2n) is 8.69. The molecule has 4 rings (SSSR count). The van der Waals surface area contributed by atoms with Gasteiger partial charge in [0.2, 0.25) is 5.75 Å². The monoisotopic (exact) mass is 478 g/mol. The number of fused-ring (bicyclic) bond motifs is 1. The van der Waals surface area contributed by atoms with Crippen molar-refractivity contribution in [2.45, 2.75) is 18.9 Å². The lowest BCUT2D eigenvalue weighted by Crippen LogP contribution is -2.47. The van der Waals surface area contributed by atoms with Gasteiger partial charge in [0.1, 0.15) is 5.78 Å².